The van der Waals surface area contributed by atoms with Crippen molar-refractivity contribution in [3.63, 3.8) is 0 Å². The van der Waals surface area contributed by atoms with E-state index >= 15 is 0 Å². The third-order valence-corrected chi connectivity index (χ3v) is 3.57. The number of benzene rings is 2. The number of anilines is 3. The third-order valence-electron chi connectivity index (χ3n) is 3.57. The van der Waals surface area contributed by atoms with Crippen molar-refractivity contribution in [1.82, 2.24) is 10.2 Å². The number of halogens is 2. The minimum atomic E-state index is -1.05. The van der Waals surface area contributed by atoms with E-state index in [-0.39, 0.29) is 17.5 Å². The molecule has 0 saturated carbocycles. The fourth-order valence-electron chi connectivity index (χ4n) is 2.33. The Balaban J connectivity index is 1.62. The summed E-state index contributed by atoms with van der Waals surface area (Å²) in [5.41, 5.74) is 0.942. The zero-order valence-electron chi connectivity index (χ0n) is 15.2. The summed E-state index contributed by atoms with van der Waals surface area (Å²) in [7, 11) is 0. The zero-order chi connectivity index (χ0) is 20.1. The molecule has 1 aromatic heterocycles. The Bertz CT molecular complexity index is 961. The number of amides is 1. The molecule has 6 nitrogen and oxygen atoms in total. The van der Waals surface area contributed by atoms with Crippen LogP contribution in [0.25, 0.3) is 0 Å². The summed E-state index contributed by atoms with van der Waals surface area (Å²) < 4.78 is 31.7. The zero-order valence-corrected chi connectivity index (χ0v) is 15.2. The topological polar surface area (TPSA) is 76.1 Å². The molecule has 0 saturated heterocycles. The highest BCUT2D eigenvalue weighted by atomic mass is 19.2. The van der Waals surface area contributed by atoms with Gasteiger partial charge in [-0.25, -0.2) is 8.78 Å². The van der Waals surface area contributed by atoms with Crippen LogP contribution < -0.4 is 15.4 Å². The van der Waals surface area contributed by atoms with Crippen molar-refractivity contribution in [1.29, 1.82) is 0 Å². The first-order valence-corrected chi connectivity index (χ1v) is 8.54. The largest absolute Gasteiger partial charge is 0.491 e. The molecule has 0 atom stereocenters. The van der Waals surface area contributed by atoms with Crippen LogP contribution in [0.4, 0.5) is 26.0 Å². The molecule has 1 amide bonds. The fourth-order valence-corrected chi connectivity index (χ4v) is 2.33. The Morgan fingerprint density at radius 2 is 1.64 bits per heavy atom. The molecule has 0 fully saturated rings. The maximum atomic E-state index is 13.2. The minimum absolute atomic E-state index is 0.0379. The predicted octanol–water partition coefficient (Wildman–Crippen LogP) is 4.54. The average Bonchev–Trinajstić information content (AvgIpc) is 2.66. The van der Waals surface area contributed by atoms with Crippen LogP contribution in [0.1, 0.15) is 24.3 Å². The molecule has 0 aliphatic heterocycles. The number of nitrogens with one attached hydrogen (secondary N) is 2. The number of carbonyl (C=O) groups excluding carboxylic acids is 1. The molecule has 0 aliphatic rings. The maximum Gasteiger partial charge on any atom is 0.276 e. The van der Waals surface area contributed by atoms with Gasteiger partial charge < -0.3 is 15.4 Å². The van der Waals surface area contributed by atoms with Crippen LogP contribution in [-0.4, -0.2) is 22.2 Å². The summed E-state index contributed by atoms with van der Waals surface area (Å²) >= 11 is 0. The van der Waals surface area contributed by atoms with Gasteiger partial charge in [0, 0.05) is 17.4 Å². The molecule has 0 aliphatic carbocycles. The van der Waals surface area contributed by atoms with E-state index in [1.54, 1.807) is 6.07 Å². The third kappa shape index (κ3) is 5.00. The molecule has 8 heteroatoms. The Hall–Kier alpha value is -3.55. The molecule has 3 rings (SSSR count). The maximum absolute atomic E-state index is 13.2. The van der Waals surface area contributed by atoms with Gasteiger partial charge in [-0.05, 0) is 62.4 Å². The summed E-state index contributed by atoms with van der Waals surface area (Å²) in [4.78, 5) is 12.1. The van der Waals surface area contributed by atoms with Crippen LogP contribution >= 0.6 is 0 Å². The van der Waals surface area contributed by atoms with Gasteiger partial charge in [-0.3, -0.25) is 4.79 Å². The van der Waals surface area contributed by atoms with Crippen LogP contribution in [0.2, 0.25) is 0 Å². The summed E-state index contributed by atoms with van der Waals surface area (Å²) in [6.07, 6.45) is 0.0924. The first-order valence-electron chi connectivity index (χ1n) is 8.54. The first kappa shape index (κ1) is 19.2. The smallest absolute Gasteiger partial charge is 0.276 e. The van der Waals surface area contributed by atoms with Gasteiger partial charge in [0.15, 0.2) is 23.1 Å². The molecule has 144 valence electrons. The van der Waals surface area contributed by atoms with Gasteiger partial charge in [-0.2, -0.15) is 0 Å². The van der Waals surface area contributed by atoms with E-state index < -0.39 is 17.5 Å². The van der Waals surface area contributed by atoms with Gasteiger partial charge in [0.2, 0.25) is 0 Å². The molecule has 3 aromatic rings. The molecule has 0 spiro atoms. The molecule has 2 N–H and O–H groups in total. The van der Waals surface area contributed by atoms with Crippen LogP contribution in [0, 0.1) is 11.6 Å². The lowest BCUT2D eigenvalue weighted by molar-refractivity contribution is 0.102. The lowest BCUT2D eigenvalue weighted by atomic mass is 10.2. The van der Waals surface area contributed by atoms with E-state index in [1.807, 2.05) is 38.1 Å². The highest BCUT2D eigenvalue weighted by Crippen LogP contribution is 2.20. The van der Waals surface area contributed by atoms with Gasteiger partial charge in [0.1, 0.15) is 5.75 Å². The molecule has 28 heavy (non-hydrogen) atoms. The fraction of sp³-hybridized carbons (Fsp3) is 0.150. The van der Waals surface area contributed by atoms with Crippen LogP contribution in [0.15, 0.2) is 54.6 Å². The molecule has 0 radical (unpaired) electrons. The standard InChI is InChI=1S/C20H18F2N4O2/c1-12(2)28-15-6-3-13(4-7-15)23-19-10-9-18(25-26-19)20(27)24-14-5-8-16(21)17(22)11-14/h3-12H,1-2H3,(H,23,26)(H,24,27). The van der Waals surface area contributed by atoms with E-state index in [4.69, 9.17) is 4.74 Å². The van der Waals surface area contributed by atoms with E-state index in [0.29, 0.717) is 5.82 Å². The number of ether oxygens (including phenoxy) is 1. The van der Waals surface area contributed by atoms with Crippen molar-refractivity contribution >= 4 is 23.1 Å². The number of rotatable bonds is 6. The Kier molecular flexibility index (Phi) is 5.78. The van der Waals surface area contributed by atoms with E-state index in [0.717, 1.165) is 23.6 Å². The molecule has 1 heterocycles. The predicted molar refractivity (Wildman–Crippen MR) is 102 cm³/mol. The van der Waals surface area contributed by atoms with Gasteiger partial charge >= 0.3 is 0 Å². The minimum Gasteiger partial charge on any atom is -0.491 e. The lowest BCUT2D eigenvalue weighted by Crippen LogP contribution is -2.14. The van der Waals surface area contributed by atoms with Crippen molar-refractivity contribution < 1.29 is 18.3 Å². The summed E-state index contributed by atoms with van der Waals surface area (Å²) in [5, 5.41) is 13.3. The SMILES string of the molecule is CC(C)Oc1ccc(Nc2ccc(C(=O)Nc3ccc(F)c(F)c3)nn2)cc1. The van der Waals surface area contributed by atoms with Gasteiger partial charge in [-0.1, -0.05) is 0 Å². The number of carbonyl (C=O) groups is 1. The monoisotopic (exact) mass is 384 g/mol. The second-order valence-corrected chi connectivity index (χ2v) is 6.20. The summed E-state index contributed by atoms with van der Waals surface area (Å²) in [6.45, 7) is 3.90. The highest BCUT2D eigenvalue weighted by Gasteiger charge is 2.11. The van der Waals surface area contributed by atoms with Crippen molar-refractivity contribution in [2.24, 2.45) is 0 Å². The summed E-state index contributed by atoms with van der Waals surface area (Å²) in [5.74, 6) is -1.41. The van der Waals surface area contributed by atoms with Crippen molar-refractivity contribution in [3.8, 4) is 5.75 Å². The molecule has 2 aromatic carbocycles. The molecular weight excluding hydrogens is 366 g/mol. The number of hydrogen-bond acceptors (Lipinski definition) is 5. The second kappa shape index (κ2) is 8.43. The molecule has 0 unspecified atom stereocenters. The van der Waals surface area contributed by atoms with Crippen molar-refractivity contribution in [2.45, 2.75) is 20.0 Å². The van der Waals surface area contributed by atoms with Gasteiger partial charge in [-0.15, -0.1) is 10.2 Å². The van der Waals surface area contributed by atoms with Crippen molar-refractivity contribution in [2.75, 3.05) is 10.6 Å². The van der Waals surface area contributed by atoms with Crippen LogP contribution in [0.5, 0.6) is 5.75 Å². The summed E-state index contributed by atoms with van der Waals surface area (Å²) in [6, 6.07) is 13.5. The van der Waals surface area contributed by atoms with Crippen LogP contribution in [-0.2, 0) is 0 Å². The number of nitrogens with zero attached hydrogens (tertiary/aromatic N) is 2. The highest BCUT2D eigenvalue weighted by molar-refractivity contribution is 6.02. The van der Waals surface area contributed by atoms with Crippen molar-refractivity contribution in [3.05, 3.63) is 71.9 Å². The van der Waals surface area contributed by atoms with E-state index in [9.17, 15) is 13.6 Å². The van der Waals surface area contributed by atoms with Gasteiger partial charge in [0.25, 0.3) is 5.91 Å². The lowest BCUT2D eigenvalue weighted by Gasteiger charge is -2.11. The van der Waals surface area contributed by atoms with Crippen LogP contribution in [0.3, 0.4) is 0 Å². The number of aromatic nitrogens is 2. The van der Waals surface area contributed by atoms with E-state index in [2.05, 4.69) is 20.8 Å². The second-order valence-electron chi connectivity index (χ2n) is 6.20. The normalized spacial score (nSPS) is 10.6. The van der Waals surface area contributed by atoms with Gasteiger partial charge in [0.05, 0.1) is 6.10 Å². The average molecular weight is 384 g/mol. The van der Waals surface area contributed by atoms with E-state index in [1.165, 1.54) is 12.1 Å². The quantitative estimate of drug-likeness (QED) is 0.653. The molecular formula is C20H18F2N4O2. The Morgan fingerprint density at radius 3 is 2.25 bits per heavy atom. The first-order chi connectivity index (χ1) is 13.4. The number of hydrogen-bond donors (Lipinski definition) is 2. The Morgan fingerprint density at radius 1 is 0.929 bits per heavy atom. The molecule has 0 bridgehead atoms. The Labute approximate surface area is 160 Å².